The number of nitrogens with zero attached hydrogens (tertiary/aromatic N) is 1. The zero-order valence-corrected chi connectivity index (χ0v) is 13.5. The quantitative estimate of drug-likeness (QED) is 0.756. The van der Waals surface area contributed by atoms with Crippen LogP contribution >= 0.6 is 0 Å². The van der Waals surface area contributed by atoms with Crippen molar-refractivity contribution < 1.29 is 26.9 Å². The Hall–Kier alpha value is -2.77. The molecule has 5 nitrogen and oxygen atoms in total. The number of hydrogen-bond donors (Lipinski definition) is 1. The maximum atomic E-state index is 12.2. The molecule has 2 heterocycles. The summed E-state index contributed by atoms with van der Waals surface area (Å²) in [5, 5.41) is 6.84. The third-order valence-corrected chi connectivity index (χ3v) is 3.86. The van der Waals surface area contributed by atoms with E-state index in [0.29, 0.717) is 22.4 Å². The second kappa shape index (κ2) is 6.27. The van der Waals surface area contributed by atoms with Crippen molar-refractivity contribution in [2.45, 2.75) is 26.4 Å². The highest BCUT2D eigenvalue weighted by Gasteiger charge is 2.27. The minimum atomic E-state index is -4.32. The smallest absolute Gasteiger partial charge is 0.390 e. The van der Waals surface area contributed by atoms with E-state index in [1.165, 1.54) is 12.3 Å². The first kappa shape index (κ1) is 17.1. The van der Waals surface area contributed by atoms with Crippen molar-refractivity contribution in [3.8, 4) is 11.1 Å². The summed E-state index contributed by atoms with van der Waals surface area (Å²) in [4.78, 5) is 12.2. The highest BCUT2D eigenvalue weighted by Crippen LogP contribution is 2.35. The Kier molecular flexibility index (Phi) is 4.28. The van der Waals surface area contributed by atoms with Crippen LogP contribution in [0.3, 0.4) is 0 Å². The number of hydrogen-bond acceptors (Lipinski definition) is 4. The monoisotopic (exact) mass is 352 g/mol. The van der Waals surface area contributed by atoms with Crippen LogP contribution in [0.15, 0.2) is 33.4 Å². The van der Waals surface area contributed by atoms with Crippen molar-refractivity contribution in [1.29, 1.82) is 0 Å². The number of amides is 1. The van der Waals surface area contributed by atoms with Crippen LogP contribution in [0, 0.1) is 13.8 Å². The van der Waals surface area contributed by atoms with E-state index in [0.717, 1.165) is 11.1 Å². The number of nitrogens with one attached hydrogen (secondary N) is 1. The van der Waals surface area contributed by atoms with Crippen LogP contribution in [0.5, 0.6) is 0 Å². The predicted molar refractivity (Wildman–Crippen MR) is 84.2 cm³/mol. The predicted octanol–water partition coefficient (Wildman–Crippen LogP) is 4.39. The van der Waals surface area contributed by atoms with Gasteiger partial charge in [-0.25, -0.2) is 0 Å². The van der Waals surface area contributed by atoms with Gasteiger partial charge in [0.2, 0.25) is 0 Å². The first-order valence-electron chi connectivity index (χ1n) is 7.56. The molecule has 0 saturated carbocycles. The summed E-state index contributed by atoms with van der Waals surface area (Å²) in [6.07, 6.45) is -3.98. The Labute approximate surface area is 140 Å². The molecule has 0 spiro atoms. The van der Waals surface area contributed by atoms with Crippen molar-refractivity contribution in [1.82, 2.24) is 10.5 Å². The molecule has 0 saturated heterocycles. The fourth-order valence-corrected chi connectivity index (χ4v) is 2.74. The Morgan fingerprint density at radius 3 is 2.64 bits per heavy atom. The number of aryl methyl sites for hydroxylation is 2. The van der Waals surface area contributed by atoms with E-state index in [4.69, 9.17) is 8.94 Å². The van der Waals surface area contributed by atoms with Crippen molar-refractivity contribution in [2.75, 3.05) is 6.54 Å². The summed E-state index contributed by atoms with van der Waals surface area (Å²) >= 11 is 0. The first-order valence-corrected chi connectivity index (χ1v) is 7.56. The van der Waals surface area contributed by atoms with E-state index < -0.39 is 25.0 Å². The first-order chi connectivity index (χ1) is 11.8. The normalized spacial score (nSPS) is 11.9. The molecule has 0 fully saturated rings. The molecule has 0 bridgehead atoms. The zero-order chi connectivity index (χ0) is 18.2. The molecular formula is C17H15F3N2O3. The molecule has 8 heteroatoms. The molecule has 0 atom stereocenters. The summed E-state index contributed by atoms with van der Waals surface area (Å²) in [7, 11) is 0. The summed E-state index contributed by atoms with van der Waals surface area (Å²) < 4.78 is 47.2. The molecule has 3 rings (SSSR count). The number of carbonyl (C=O) groups excluding carboxylic acids is 1. The van der Waals surface area contributed by atoms with Crippen LogP contribution < -0.4 is 5.32 Å². The largest absolute Gasteiger partial charge is 0.463 e. The van der Waals surface area contributed by atoms with Gasteiger partial charge in [0.15, 0.2) is 0 Å². The molecule has 1 N–H and O–H groups in total. The SMILES string of the molecule is Cc1noc(C)c1-c1ccc(C(=O)NCCC(F)(F)F)c2occc12. The van der Waals surface area contributed by atoms with Crippen molar-refractivity contribution in [2.24, 2.45) is 0 Å². The van der Waals surface area contributed by atoms with E-state index >= 15 is 0 Å². The van der Waals surface area contributed by atoms with Gasteiger partial charge in [-0.15, -0.1) is 0 Å². The molecule has 0 aliphatic heterocycles. The van der Waals surface area contributed by atoms with Crippen molar-refractivity contribution in [3.05, 3.63) is 41.5 Å². The van der Waals surface area contributed by atoms with Crippen molar-refractivity contribution in [3.63, 3.8) is 0 Å². The van der Waals surface area contributed by atoms with Gasteiger partial charge in [-0.2, -0.15) is 13.2 Å². The molecule has 3 aromatic rings. The number of carbonyl (C=O) groups is 1. The van der Waals surface area contributed by atoms with E-state index in [2.05, 4.69) is 10.5 Å². The molecule has 132 valence electrons. The number of furan rings is 1. The molecule has 0 aliphatic carbocycles. The lowest BCUT2D eigenvalue weighted by molar-refractivity contribution is -0.132. The number of benzene rings is 1. The summed E-state index contributed by atoms with van der Waals surface area (Å²) in [6.45, 7) is 3.09. The standard InChI is InChI=1S/C17H15F3N2O3/c1-9-14(10(2)25-22-9)11-3-4-13(15-12(11)5-8-24-15)16(23)21-7-6-17(18,19)20/h3-5,8H,6-7H2,1-2H3,(H,21,23). The number of halogens is 3. The third kappa shape index (κ3) is 3.38. The number of aromatic nitrogens is 1. The molecule has 0 radical (unpaired) electrons. The van der Waals surface area contributed by atoms with Gasteiger partial charge < -0.3 is 14.3 Å². The average Bonchev–Trinajstić information content (AvgIpc) is 3.12. The lowest BCUT2D eigenvalue weighted by atomic mass is 9.98. The van der Waals surface area contributed by atoms with Crippen LogP contribution in [-0.4, -0.2) is 23.8 Å². The van der Waals surface area contributed by atoms with Crippen LogP contribution in [0.25, 0.3) is 22.1 Å². The lowest BCUT2D eigenvalue weighted by Crippen LogP contribution is -2.28. The van der Waals surface area contributed by atoms with Gasteiger partial charge in [0.05, 0.1) is 23.9 Å². The fourth-order valence-electron chi connectivity index (χ4n) is 2.74. The van der Waals surface area contributed by atoms with Gasteiger partial charge in [-0.3, -0.25) is 4.79 Å². The Morgan fingerprint density at radius 2 is 2.00 bits per heavy atom. The zero-order valence-electron chi connectivity index (χ0n) is 13.5. The second-order valence-corrected chi connectivity index (χ2v) is 5.64. The van der Waals surface area contributed by atoms with Crippen LogP contribution in [0.1, 0.15) is 28.2 Å². The van der Waals surface area contributed by atoms with Crippen LogP contribution in [-0.2, 0) is 0 Å². The molecule has 25 heavy (non-hydrogen) atoms. The maximum absolute atomic E-state index is 12.2. The van der Waals surface area contributed by atoms with Gasteiger partial charge in [0.1, 0.15) is 11.3 Å². The summed E-state index contributed by atoms with van der Waals surface area (Å²) in [6, 6.07) is 4.93. The minimum absolute atomic E-state index is 0.178. The topological polar surface area (TPSA) is 68.3 Å². The van der Waals surface area contributed by atoms with Gasteiger partial charge in [0, 0.05) is 17.5 Å². The number of alkyl halides is 3. The van der Waals surface area contributed by atoms with E-state index in [-0.39, 0.29) is 5.56 Å². The molecule has 1 amide bonds. The fraction of sp³-hybridized carbons (Fsp3) is 0.294. The van der Waals surface area contributed by atoms with Crippen LogP contribution in [0.4, 0.5) is 13.2 Å². The third-order valence-electron chi connectivity index (χ3n) is 3.86. The molecule has 0 unspecified atom stereocenters. The molecule has 2 aromatic heterocycles. The highest BCUT2D eigenvalue weighted by molar-refractivity contribution is 6.09. The Bertz CT molecular complexity index is 906. The average molecular weight is 352 g/mol. The van der Waals surface area contributed by atoms with Crippen LogP contribution in [0.2, 0.25) is 0 Å². The molecule has 1 aromatic carbocycles. The Morgan fingerprint density at radius 1 is 1.24 bits per heavy atom. The van der Waals surface area contributed by atoms with Gasteiger partial charge in [0.25, 0.3) is 5.91 Å². The summed E-state index contributed by atoms with van der Waals surface area (Å²) in [5.74, 6) is 0.0110. The maximum Gasteiger partial charge on any atom is 0.390 e. The van der Waals surface area contributed by atoms with E-state index in [9.17, 15) is 18.0 Å². The van der Waals surface area contributed by atoms with Crippen molar-refractivity contribution >= 4 is 16.9 Å². The number of fused-ring (bicyclic) bond motifs is 1. The lowest BCUT2D eigenvalue weighted by Gasteiger charge is -2.09. The highest BCUT2D eigenvalue weighted by atomic mass is 19.4. The summed E-state index contributed by atoms with van der Waals surface area (Å²) in [5.41, 5.74) is 2.77. The second-order valence-electron chi connectivity index (χ2n) is 5.64. The van der Waals surface area contributed by atoms with Gasteiger partial charge >= 0.3 is 6.18 Å². The minimum Gasteiger partial charge on any atom is -0.463 e. The van der Waals surface area contributed by atoms with Gasteiger partial charge in [-0.05, 0) is 31.5 Å². The van der Waals surface area contributed by atoms with E-state index in [1.54, 1.807) is 26.0 Å². The van der Waals surface area contributed by atoms with E-state index in [1.807, 2.05) is 0 Å². The number of rotatable bonds is 4. The Balaban J connectivity index is 1.94. The van der Waals surface area contributed by atoms with Gasteiger partial charge in [-0.1, -0.05) is 11.2 Å². The molecule has 0 aliphatic rings. The molecular weight excluding hydrogens is 337 g/mol.